The van der Waals surface area contributed by atoms with Gasteiger partial charge in [0.05, 0.1) is 43.0 Å². The van der Waals surface area contributed by atoms with E-state index in [4.69, 9.17) is 26.8 Å². The topological polar surface area (TPSA) is 106 Å². The van der Waals surface area contributed by atoms with E-state index in [0.29, 0.717) is 21.8 Å². The molecule has 0 radical (unpaired) electrons. The number of esters is 2. The SMILES string of the molecule is COC(=O)C1=C(C(=O)OC)N(c2cc(Cl)ccc2C)C(N)=C(C#N)C1c1ccccc1. The van der Waals surface area contributed by atoms with E-state index in [-0.39, 0.29) is 22.7 Å². The molecule has 0 aliphatic carbocycles. The van der Waals surface area contributed by atoms with E-state index in [2.05, 4.69) is 6.07 Å². The number of allylic oxidation sites excluding steroid dienone is 1. The van der Waals surface area contributed by atoms with Gasteiger partial charge in [0.15, 0.2) is 0 Å². The number of aryl methyl sites for hydroxylation is 1. The predicted molar refractivity (Wildman–Crippen MR) is 116 cm³/mol. The van der Waals surface area contributed by atoms with Gasteiger partial charge in [-0.1, -0.05) is 48.0 Å². The minimum Gasteiger partial charge on any atom is -0.466 e. The molecular weight excluding hydrogens is 418 g/mol. The second-order valence-electron chi connectivity index (χ2n) is 6.77. The van der Waals surface area contributed by atoms with Crippen LogP contribution in [0.2, 0.25) is 5.02 Å². The van der Waals surface area contributed by atoms with Gasteiger partial charge in [-0.2, -0.15) is 5.26 Å². The maximum absolute atomic E-state index is 13.0. The Labute approximate surface area is 184 Å². The largest absolute Gasteiger partial charge is 0.466 e. The highest BCUT2D eigenvalue weighted by Crippen LogP contribution is 2.44. The van der Waals surface area contributed by atoms with Crippen LogP contribution in [0.25, 0.3) is 0 Å². The van der Waals surface area contributed by atoms with Crippen LogP contribution < -0.4 is 10.6 Å². The molecule has 2 aromatic rings. The number of nitrogens with zero attached hydrogens (tertiary/aromatic N) is 2. The van der Waals surface area contributed by atoms with Crippen molar-refractivity contribution in [2.45, 2.75) is 12.8 Å². The van der Waals surface area contributed by atoms with Gasteiger partial charge in [0.1, 0.15) is 11.5 Å². The van der Waals surface area contributed by atoms with E-state index in [1.807, 2.05) is 0 Å². The number of carbonyl (C=O) groups excluding carboxylic acids is 2. The molecule has 2 N–H and O–H groups in total. The minimum atomic E-state index is -0.913. The number of rotatable bonds is 4. The highest BCUT2D eigenvalue weighted by Gasteiger charge is 2.43. The van der Waals surface area contributed by atoms with Crippen molar-refractivity contribution in [1.29, 1.82) is 5.26 Å². The summed E-state index contributed by atoms with van der Waals surface area (Å²) in [6.07, 6.45) is 0. The highest BCUT2D eigenvalue weighted by atomic mass is 35.5. The van der Waals surface area contributed by atoms with E-state index in [0.717, 1.165) is 0 Å². The van der Waals surface area contributed by atoms with Gasteiger partial charge in [-0.15, -0.1) is 0 Å². The molecule has 0 amide bonds. The zero-order valence-corrected chi connectivity index (χ0v) is 17.9. The number of benzene rings is 2. The number of nitrogens with two attached hydrogens (primary N) is 1. The number of anilines is 1. The molecule has 0 saturated heterocycles. The normalized spacial score (nSPS) is 16.1. The van der Waals surface area contributed by atoms with Gasteiger partial charge in [0, 0.05) is 5.02 Å². The summed E-state index contributed by atoms with van der Waals surface area (Å²) >= 11 is 6.19. The molecule has 3 rings (SSSR count). The van der Waals surface area contributed by atoms with Crippen LogP contribution in [0.5, 0.6) is 0 Å². The van der Waals surface area contributed by atoms with E-state index < -0.39 is 17.9 Å². The maximum Gasteiger partial charge on any atom is 0.355 e. The lowest BCUT2D eigenvalue weighted by Gasteiger charge is -2.36. The summed E-state index contributed by atoms with van der Waals surface area (Å²) in [6.45, 7) is 1.79. The molecular formula is C23H20ClN3O4. The summed E-state index contributed by atoms with van der Waals surface area (Å²) in [5.74, 6) is -2.50. The van der Waals surface area contributed by atoms with Gasteiger partial charge in [-0.25, -0.2) is 9.59 Å². The van der Waals surface area contributed by atoms with E-state index in [1.165, 1.54) is 19.1 Å². The zero-order valence-electron chi connectivity index (χ0n) is 17.2. The Hall–Kier alpha value is -3.76. The van der Waals surface area contributed by atoms with Crippen molar-refractivity contribution in [2.75, 3.05) is 19.1 Å². The Balaban J connectivity index is 2.45. The molecule has 0 spiro atoms. The summed E-state index contributed by atoms with van der Waals surface area (Å²) in [5, 5.41) is 10.4. The third-order valence-electron chi connectivity index (χ3n) is 5.02. The zero-order chi connectivity index (χ0) is 22.7. The van der Waals surface area contributed by atoms with Gasteiger partial charge >= 0.3 is 11.9 Å². The van der Waals surface area contributed by atoms with Crippen molar-refractivity contribution in [3.05, 3.63) is 87.3 Å². The molecule has 1 atom stereocenters. The summed E-state index contributed by atoms with van der Waals surface area (Å²) in [6, 6.07) is 16.0. The monoisotopic (exact) mass is 437 g/mol. The van der Waals surface area contributed by atoms with Crippen molar-refractivity contribution in [1.82, 2.24) is 0 Å². The summed E-state index contributed by atoms with van der Waals surface area (Å²) < 4.78 is 10.0. The molecule has 0 aromatic heterocycles. The molecule has 0 fully saturated rings. The average Bonchev–Trinajstić information content (AvgIpc) is 2.79. The summed E-state index contributed by atoms with van der Waals surface area (Å²) in [5.41, 5.74) is 8.11. The highest BCUT2D eigenvalue weighted by molar-refractivity contribution is 6.31. The molecule has 1 aliphatic rings. The Morgan fingerprint density at radius 1 is 1.10 bits per heavy atom. The van der Waals surface area contributed by atoms with Gasteiger partial charge < -0.3 is 15.2 Å². The van der Waals surface area contributed by atoms with E-state index in [1.54, 1.807) is 55.5 Å². The molecule has 1 heterocycles. The van der Waals surface area contributed by atoms with Gasteiger partial charge in [0.25, 0.3) is 0 Å². The van der Waals surface area contributed by atoms with Crippen molar-refractivity contribution in [2.24, 2.45) is 5.73 Å². The Bertz CT molecular complexity index is 1150. The van der Waals surface area contributed by atoms with Crippen molar-refractivity contribution >= 4 is 29.2 Å². The van der Waals surface area contributed by atoms with Crippen molar-refractivity contribution in [3.8, 4) is 6.07 Å². The molecule has 8 heteroatoms. The van der Waals surface area contributed by atoms with Gasteiger partial charge in [0.2, 0.25) is 0 Å². The minimum absolute atomic E-state index is 0.00484. The van der Waals surface area contributed by atoms with E-state index in [9.17, 15) is 14.9 Å². The number of carbonyl (C=O) groups is 2. The Morgan fingerprint density at radius 2 is 1.74 bits per heavy atom. The molecule has 7 nitrogen and oxygen atoms in total. The number of hydrogen-bond donors (Lipinski definition) is 1. The molecule has 0 saturated carbocycles. The van der Waals surface area contributed by atoms with Crippen LogP contribution in [0.4, 0.5) is 5.69 Å². The lowest BCUT2D eigenvalue weighted by molar-refractivity contribution is -0.139. The molecule has 2 aromatic carbocycles. The van der Waals surface area contributed by atoms with Crippen molar-refractivity contribution < 1.29 is 19.1 Å². The quantitative estimate of drug-likeness (QED) is 0.729. The van der Waals surface area contributed by atoms with Crippen LogP contribution >= 0.6 is 11.6 Å². The second kappa shape index (κ2) is 8.94. The molecule has 1 aliphatic heterocycles. The summed E-state index contributed by atoms with van der Waals surface area (Å²) in [4.78, 5) is 27.3. The second-order valence-corrected chi connectivity index (χ2v) is 7.20. The predicted octanol–water partition coefficient (Wildman–Crippen LogP) is 3.55. The average molecular weight is 438 g/mol. The van der Waals surface area contributed by atoms with Crippen molar-refractivity contribution in [3.63, 3.8) is 0 Å². The lowest BCUT2D eigenvalue weighted by Crippen LogP contribution is -2.41. The van der Waals surface area contributed by atoms with Crippen LogP contribution in [-0.2, 0) is 19.1 Å². The number of ether oxygens (including phenoxy) is 2. The van der Waals surface area contributed by atoms with Crippen LogP contribution in [0, 0.1) is 18.3 Å². The lowest BCUT2D eigenvalue weighted by atomic mass is 9.81. The van der Waals surface area contributed by atoms with Gasteiger partial charge in [-0.05, 0) is 30.2 Å². The maximum atomic E-state index is 13.0. The third-order valence-corrected chi connectivity index (χ3v) is 5.26. The standard InChI is InChI=1S/C23H20ClN3O4/c1-13-9-10-15(24)11-17(13)27-20(23(29)31-3)19(22(28)30-2)18(16(12-25)21(27)26)14-7-5-4-6-8-14/h4-11,18H,26H2,1-3H3. The number of hydrogen-bond acceptors (Lipinski definition) is 7. The Morgan fingerprint density at radius 3 is 2.32 bits per heavy atom. The first-order valence-corrected chi connectivity index (χ1v) is 9.65. The van der Waals surface area contributed by atoms with Crippen LogP contribution in [-0.4, -0.2) is 26.2 Å². The smallest absolute Gasteiger partial charge is 0.355 e. The number of methoxy groups -OCH3 is 2. The first-order valence-electron chi connectivity index (χ1n) is 9.27. The Kier molecular flexibility index (Phi) is 6.33. The fourth-order valence-electron chi connectivity index (χ4n) is 3.59. The fraction of sp³-hybridized carbons (Fsp3) is 0.174. The third kappa shape index (κ3) is 3.86. The number of halogens is 1. The molecule has 158 valence electrons. The van der Waals surface area contributed by atoms with Crippen LogP contribution in [0.15, 0.2) is 71.2 Å². The first-order chi connectivity index (χ1) is 14.8. The molecule has 1 unspecified atom stereocenters. The number of nitriles is 1. The van der Waals surface area contributed by atoms with Crippen LogP contribution in [0.1, 0.15) is 17.0 Å². The fourth-order valence-corrected chi connectivity index (χ4v) is 3.75. The molecule has 31 heavy (non-hydrogen) atoms. The molecule has 0 bridgehead atoms. The first kappa shape index (κ1) is 21.9. The van der Waals surface area contributed by atoms with Gasteiger partial charge in [-0.3, -0.25) is 4.90 Å². The van der Waals surface area contributed by atoms with E-state index >= 15 is 0 Å². The van der Waals surface area contributed by atoms with Crippen LogP contribution in [0.3, 0.4) is 0 Å². The summed E-state index contributed by atoms with van der Waals surface area (Å²) in [7, 11) is 2.40.